The molecule has 0 radical (unpaired) electrons. The van der Waals surface area contributed by atoms with Gasteiger partial charge in [-0.3, -0.25) is 0 Å². The fourth-order valence-corrected chi connectivity index (χ4v) is 3.51. The van der Waals surface area contributed by atoms with Gasteiger partial charge in [0, 0.05) is 19.0 Å². The first kappa shape index (κ1) is 12.1. The van der Waals surface area contributed by atoms with E-state index >= 15 is 0 Å². The molecule has 3 rings (SSSR count). The predicted octanol–water partition coefficient (Wildman–Crippen LogP) is 2.48. The number of aliphatic hydroxyl groups is 1. The molecule has 6 heteroatoms. The molecule has 2 aromatic rings. The van der Waals surface area contributed by atoms with Crippen LogP contribution < -0.4 is 4.90 Å². The Morgan fingerprint density at radius 3 is 2.94 bits per heavy atom. The minimum atomic E-state index is 0.141. The molecule has 18 heavy (non-hydrogen) atoms. The smallest absolute Gasteiger partial charge is 0.208 e. The number of aliphatic hydroxyl groups excluding tert-OH is 1. The van der Waals surface area contributed by atoms with Crippen LogP contribution in [0.15, 0.2) is 16.8 Å². The van der Waals surface area contributed by atoms with E-state index in [0.29, 0.717) is 12.5 Å². The normalized spacial score (nSPS) is 14.9. The van der Waals surface area contributed by atoms with Gasteiger partial charge in [0.1, 0.15) is 5.01 Å². The second-order valence-corrected chi connectivity index (χ2v) is 6.24. The first-order valence-corrected chi connectivity index (χ1v) is 7.83. The lowest BCUT2D eigenvalue weighted by molar-refractivity contribution is 0.301. The molecule has 2 aromatic heterocycles. The molecule has 0 atom stereocenters. The largest absolute Gasteiger partial charge is 0.395 e. The van der Waals surface area contributed by atoms with Crippen LogP contribution in [0.25, 0.3) is 0 Å². The van der Waals surface area contributed by atoms with Crippen LogP contribution in [0.1, 0.15) is 29.3 Å². The lowest BCUT2D eigenvalue weighted by Crippen LogP contribution is -2.25. The summed E-state index contributed by atoms with van der Waals surface area (Å²) in [6.07, 6.45) is 2.50. The summed E-state index contributed by atoms with van der Waals surface area (Å²) < 4.78 is 0. The quantitative estimate of drug-likeness (QED) is 0.883. The van der Waals surface area contributed by atoms with E-state index < -0.39 is 0 Å². The highest BCUT2D eigenvalue weighted by atomic mass is 32.1. The maximum absolute atomic E-state index is 9.17. The zero-order valence-electron chi connectivity index (χ0n) is 9.95. The summed E-state index contributed by atoms with van der Waals surface area (Å²) in [5.41, 5.74) is 1.26. The predicted molar refractivity (Wildman–Crippen MR) is 74.3 cm³/mol. The molecular weight excluding hydrogens is 266 g/mol. The van der Waals surface area contributed by atoms with Crippen LogP contribution >= 0.6 is 22.7 Å². The Morgan fingerprint density at radius 1 is 1.39 bits per heavy atom. The minimum Gasteiger partial charge on any atom is -0.395 e. The lowest BCUT2D eigenvalue weighted by Gasteiger charge is -2.19. The third kappa shape index (κ3) is 2.71. The molecule has 96 valence electrons. The molecule has 0 amide bonds. The molecule has 1 fully saturated rings. The van der Waals surface area contributed by atoms with E-state index in [0.717, 1.165) is 16.7 Å². The van der Waals surface area contributed by atoms with Crippen molar-refractivity contribution in [2.75, 3.05) is 18.1 Å². The third-order valence-electron chi connectivity index (χ3n) is 2.95. The summed E-state index contributed by atoms with van der Waals surface area (Å²) in [6.45, 7) is 1.54. The first-order chi connectivity index (χ1) is 8.86. The van der Waals surface area contributed by atoms with Crippen LogP contribution in [0, 0.1) is 0 Å². The highest BCUT2D eigenvalue weighted by molar-refractivity contribution is 7.15. The van der Waals surface area contributed by atoms with E-state index in [9.17, 15) is 5.11 Å². The van der Waals surface area contributed by atoms with E-state index in [2.05, 4.69) is 31.9 Å². The molecule has 1 saturated carbocycles. The minimum absolute atomic E-state index is 0.141. The Hall–Kier alpha value is -0.980. The average molecular weight is 281 g/mol. The Kier molecular flexibility index (Phi) is 3.58. The van der Waals surface area contributed by atoms with Gasteiger partial charge in [0.2, 0.25) is 5.13 Å². The van der Waals surface area contributed by atoms with Crippen LogP contribution in [0.3, 0.4) is 0 Å². The number of anilines is 1. The summed E-state index contributed by atoms with van der Waals surface area (Å²) in [4.78, 5) is 2.10. The number of aromatic nitrogens is 2. The number of hydrogen-bond acceptors (Lipinski definition) is 6. The van der Waals surface area contributed by atoms with Crippen molar-refractivity contribution in [3.05, 3.63) is 27.4 Å². The Labute approximate surface area is 114 Å². The molecule has 4 nitrogen and oxygen atoms in total. The van der Waals surface area contributed by atoms with E-state index in [1.54, 1.807) is 22.7 Å². The highest BCUT2D eigenvalue weighted by Crippen LogP contribution is 2.42. The molecule has 2 heterocycles. The van der Waals surface area contributed by atoms with Gasteiger partial charge in [0.05, 0.1) is 6.61 Å². The summed E-state index contributed by atoms with van der Waals surface area (Å²) in [6, 6.07) is 2.11. The Balaban J connectivity index is 1.74. The molecule has 1 aliphatic carbocycles. The highest BCUT2D eigenvalue weighted by Gasteiger charge is 2.28. The van der Waals surface area contributed by atoms with Crippen molar-refractivity contribution in [1.29, 1.82) is 0 Å². The maximum atomic E-state index is 9.17. The van der Waals surface area contributed by atoms with Crippen molar-refractivity contribution in [2.24, 2.45) is 0 Å². The van der Waals surface area contributed by atoms with Gasteiger partial charge in [-0.25, -0.2) is 0 Å². The average Bonchev–Trinajstić information content (AvgIpc) is 2.92. The van der Waals surface area contributed by atoms with Crippen molar-refractivity contribution in [3.63, 3.8) is 0 Å². The topological polar surface area (TPSA) is 49.2 Å². The monoisotopic (exact) mass is 281 g/mol. The fraction of sp³-hybridized carbons (Fsp3) is 0.500. The molecule has 0 saturated heterocycles. The summed E-state index contributed by atoms with van der Waals surface area (Å²) in [5, 5.41) is 24.0. The van der Waals surface area contributed by atoms with Gasteiger partial charge in [-0.15, -0.1) is 10.2 Å². The Morgan fingerprint density at radius 2 is 2.28 bits per heavy atom. The molecule has 0 aliphatic heterocycles. The number of nitrogens with zero attached hydrogens (tertiary/aromatic N) is 3. The van der Waals surface area contributed by atoms with Crippen LogP contribution in [-0.4, -0.2) is 28.5 Å². The van der Waals surface area contributed by atoms with Crippen molar-refractivity contribution in [3.8, 4) is 0 Å². The summed E-state index contributed by atoms with van der Waals surface area (Å²) in [7, 11) is 0. The van der Waals surface area contributed by atoms with Crippen molar-refractivity contribution < 1.29 is 5.11 Å². The summed E-state index contributed by atoms with van der Waals surface area (Å²) >= 11 is 3.36. The van der Waals surface area contributed by atoms with Gasteiger partial charge < -0.3 is 10.0 Å². The maximum Gasteiger partial charge on any atom is 0.208 e. The molecular formula is C12H15N3OS2. The van der Waals surface area contributed by atoms with Gasteiger partial charge in [-0.05, 0) is 35.2 Å². The second kappa shape index (κ2) is 5.34. The number of rotatable bonds is 6. The molecule has 0 bridgehead atoms. The Bertz CT molecular complexity index is 493. The lowest BCUT2D eigenvalue weighted by atomic mass is 10.3. The van der Waals surface area contributed by atoms with E-state index in [1.165, 1.54) is 18.4 Å². The van der Waals surface area contributed by atoms with Crippen molar-refractivity contribution in [2.45, 2.75) is 25.3 Å². The first-order valence-electron chi connectivity index (χ1n) is 6.07. The van der Waals surface area contributed by atoms with Gasteiger partial charge in [-0.1, -0.05) is 11.3 Å². The van der Waals surface area contributed by atoms with E-state index in [-0.39, 0.29) is 6.61 Å². The second-order valence-electron chi connectivity index (χ2n) is 4.47. The van der Waals surface area contributed by atoms with Crippen molar-refractivity contribution in [1.82, 2.24) is 10.2 Å². The number of hydrogen-bond donors (Lipinski definition) is 1. The van der Waals surface area contributed by atoms with Crippen LogP contribution in [-0.2, 0) is 6.54 Å². The zero-order valence-corrected chi connectivity index (χ0v) is 11.6. The van der Waals surface area contributed by atoms with Crippen LogP contribution in [0.5, 0.6) is 0 Å². The van der Waals surface area contributed by atoms with Gasteiger partial charge in [-0.2, -0.15) is 11.3 Å². The van der Waals surface area contributed by atoms with Crippen LogP contribution in [0.4, 0.5) is 5.13 Å². The third-order valence-corrected chi connectivity index (χ3v) is 4.83. The fourth-order valence-electron chi connectivity index (χ4n) is 1.82. The zero-order chi connectivity index (χ0) is 12.4. The summed E-state index contributed by atoms with van der Waals surface area (Å²) in [5.74, 6) is 0.647. The standard InChI is InChI=1S/C12H15N3OS2/c16-5-4-15(7-9-3-6-17-8-9)12-14-13-11(18-12)10-1-2-10/h3,6,8,10,16H,1-2,4-5,7H2. The van der Waals surface area contributed by atoms with E-state index in [1.807, 2.05) is 0 Å². The molecule has 0 spiro atoms. The molecule has 1 aliphatic rings. The van der Waals surface area contributed by atoms with Crippen LogP contribution in [0.2, 0.25) is 0 Å². The molecule has 0 unspecified atom stereocenters. The SMILES string of the molecule is OCCN(Cc1ccsc1)c1nnc(C2CC2)s1. The van der Waals surface area contributed by atoms with Crippen molar-refractivity contribution >= 4 is 27.8 Å². The van der Waals surface area contributed by atoms with Gasteiger partial charge in [0.25, 0.3) is 0 Å². The molecule has 0 aromatic carbocycles. The number of thiophene rings is 1. The van der Waals surface area contributed by atoms with E-state index in [4.69, 9.17) is 0 Å². The molecule has 1 N–H and O–H groups in total. The van der Waals surface area contributed by atoms with Gasteiger partial charge >= 0.3 is 0 Å². The van der Waals surface area contributed by atoms with Gasteiger partial charge in [0.15, 0.2) is 0 Å².